The summed E-state index contributed by atoms with van der Waals surface area (Å²) in [4.78, 5) is 4.61. The summed E-state index contributed by atoms with van der Waals surface area (Å²) in [6.07, 6.45) is 0. The molecule has 6 heteroatoms. The second-order valence-electron chi connectivity index (χ2n) is 4.17. The van der Waals surface area contributed by atoms with Crippen molar-refractivity contribution >= 4 is 27.3 Å². The largest absolute Gasteiger partial charge is 0.394 e. The molecule has 0 aliphatic rings. The molecule has 0 unspecified atom stereocenters. The van der Waals surface area contributed by atoms with Crippen LogP contribution in [0.15, 0.2) is 34.1 Å². The number of ether oxygens (including phenoxy) is 1. The van der Waals surface area contributed by atoms with E-state index in [1.54, 1.807) is 11.3 Å². The van der Waals surface area contributed by atoms with Gasteiger partial charge in [-0.3, -0.25) is 0 Å². The minimum Gasteiger partial charge on any atom is -0.394 e. The number of hydrogen-bond acceptors (Lipinski definition) is 5. The Balaban J connectivity index is 1.80. The van der Waals surface area contributed by atoms with Crippen LogP contribution in [0.2, 0.25) is 0 Å². The third-order valence-corrected chi connectivity index (χ3v) is 4.02. The number of halogens is 1. The molecule has 20 heavy (non-hydrogen) atoms. The molecule has 1 aromatic heterocycles. The maximum Gasteiger partial charge on any atom is 0.123 e. The van der Waals surface area contributed by atoms with Crippen molar-refractivity contribution in [3.8, 4) is 10.6 Å². The van der Waals surface area contributed by atoms with Gasteiger partial charge in [0.1, 0.15) is 5.01 Å². The lowest BCUT2D eigenvalue weighted by molar-refractivity contribution is 0.0937. The van der Waals surface area contributed by atoms with Crippen LogP contribution in [0.25, 0.3) is 10.6 Å². The first-order valence-corrected chi connectivity index (χ1v) is 8.06. The van der Waals surface area contributed by atoms with E-state index < -0.39 is 0 Å². The third-order valence-electron chi connectivity index (χ3n) is 2.59. The van der Waals surface area contributed by atoms with Crippen LogP contribution in [0.1, 0.15) is 5.69 Å². The molecule has 108 valence electrons. The highest BCUT2D eigenvalue weighted by Crippen LogP contribution is 2.26. The van der Waals surface area contributed by atoms with Gasteiger partial charge in [0, 0.05) is 28.5 Å². The average molecular weight is 357 g/mol. The molecule has 1 heterocycles. The number of nitrogens with one attached hydrogen (secondary N) is 1. The minimum atomic E-state index is 0.0715. The average Bonchev–Trinajstić information content (AvgIpc) is 2.91. The topological polar surface area (TPSA) is 54.4 Å². The van der Waals surface area contributed by atoms with Gasteiger partial charge in [0.05, 0.1) is 25.5 Å². The number of benzene rings is 1. The SMILES string of the molecule is OCCOCCNCc1csc(-c2cccc(Br)c2)n1. The molecule has 4 nitrogen and oxygen atoms in total. The van der Waals surface area contributed by atoms with Crippen molar-refractivity contribution < 1.29 is 9.84 Å². The van der Waals surface area contributed by atoms with E-state index >= 15 is 0 Å². The van der Waals surface area contributed by atoms with Crippen LogP contribution in [0.4, 0.5) is 0 Å². The smallest absolute Gasteiger partial charge is 0.123 e. The zero-order valence-electron chi connectivity index (χ0n) is 11.0. The molecule has 1 aromatic carbocycles. The first-order valence-electron chi connectivity index (χ1n) is 6.39. The number of rotatable bonds is 8. The van der Waals surface area contributed by atoms with Crippen molar-refractivity contribution in [2.24, 2.45) is 0 Å². The highest BCUT2D eigenvalue weighted by atomic mass is 79.9. The predicted molar refractivity (Wildman–Crippen MR) is 84.9 cm³/mol. The molecular formula is C14H17BrN2O2S. The van der Waals surface area contributed by atoms with Gasteiger partial charge in [-0.25, -0.2) is 4.98 Å². The first-order chi connectivity index (χ1) is 9.79. The maximum atomic E-state index is 8.57. The van der Waals surface area contributed by atoms with E-state index in [1.807, 2.05) is 12.1 Å². The zero-order chi connectivity index (χ0) is 14.2. The molecule has 2 aromatic rings. The van der Waals surface area contributed by atoms with Crippen LogP contribution in [-0.2, 0) is 11.3 Å². The Hall–Kier alpha value is -0.790. The van der Waals surface area contributed by atoms with Crippen molar-refractivity contribution in [2.45, 2.75) is 6.54 Å². The van der Waals surface area contributed by atoms with E-state index in [2.05, 4.69) is 43.7 Å². The van der Waals surface area contributed by atoms with Gasteiger partial charge in [-0.1, -0.05) is 28.1 Å². The van der Waals surface area contributed by atoms with Crippen molar-refractivity contribution in [2.75, 3.05) is 26.4 Å². The number of aliphatic hydroxyl groups excluding tert-OH is 1. The Labute approximate surface area is 130 Å². The second-order valence-corrected chi connectivity index (χ2v) is 5.94. The van der Waals surface area contributed by atoms with Crippen LogP contribution < -0.4 is 5.32 Å². The van der Waals surface area contributed by atoms with Crippen LogP contribution in [0, 0.1) is 0 Å². The summed E-state index contributed by atoms with van der Waals surface area (Å²) < 4.78 is 6.23. The Morgan fingerprint density at radius 1 is 1.35 bits per heavy atom. The van der Waals surface area contributed by atoms with Gasteiger partial charge in [-0.2, -0.15) is 0 Å². The van der Waals surface area contributed by atoms with Crippen LogP contribution in [0.3, 0.4) is 0 Å². The zero-order valence-corrected chi connectivity index (χ0v) is 13.4. The lowest BCUT2D eigenvalue weighted by Gasteiger charge is -2.03. The molecular weight excluding hydrogens is 340 g/mol. The van der Waals surface area contributed by atoms with Gasteiger partial charge in [-0.15, -0.1) is 11.3 Å². The number of aliphatic hydroxyl groups is 1. The maximum absolute atomic E-state index is 8.57. The summed E-state index contributed by atoms with van der Waals surface area (Å²) >= 11 is 5.12. The molecule has 0 saturated carbocycles. The fourth-order valence-corrected chi connectivity index (χ4v) is 2.89. The summed E-state index contributed by atoms with van der Waals surface area (Å²) in [6.45, 7) is 2.55. The molecule has 0 radical (unpaired) electrons. The van der Waals surface area contributed by atoms with Gasteiger partial charge in [-0.05, 0) is 12.1 Å². The minimum absolute atomic E-state index is 0.0715. The molecule has 0 fully saturated rings. The van der Waals surface area contributed by atoms with E-state index in [1.165, 1.54) is 0 Å². The van der Waals surface area contributed by atoms with Gasteiger partial charge in [0.25, 0.3) is 0 Å². The number of hydrogen-bond donors (Lipinski definition) is 2. The van der Waals surface area contributed by atoms with Crippen molar-refractivity contribution in [3.63, 3.8) is 0 Å². The second kappa shape index (κ2) is 8.49. The highest BCUT2D eigenvalue weighted by molar-refractivity contribution is 9.10. The molecule has 2 rings (SSSR count). The van der Waals surface area contributed by atoms with E-state index in [4.69, 9.17) is 9.84 Å². The Kier molecular flexibility index (Phi) is 6.62. The van der Waals surface area contributed by atoms with Crippen LogP contribution in [0.5, 0.6) is 0 Å². The van der Waals surface area contributed by atoms with E-state index in [-0.39, 0.29) is 6.61 Å². The van der Waals surface area contributed by atoms with Crippen LogP contribution >= 0.6 is 27.3 Å². The summed E-state index contributed by atoms with van der Waals surface area (Å²) in [7, 11) is 0. The standard InChI is InChI=1S/C14H17BrN2O2S/c15-12-3-1-2-11(8-12)14-17-13(10-20-14)9-16-4-6-19-7-5-18/h1-3,8,10,16,18H,4-7,9H2. The lowest BCUT2D eigenvalue weighted by atomic mass is 10.2. The Bertz CT molecular complexity index is 533. The van der Waals surface area contributed by atoms with Gasteiger partial charge >= 0.3 is 0 Å². The van der Waals surface area contributed by atoms with Gasteiger partial charge in [0.2, 0.25) is 0 Å². The summed E-state index contributed by atoms with van der Waals surface area (Å²) in [5.74, 6) is 0. The van der Waals surface area contributed by atoms with Crippen molar-refractivity contribution in [1.29, 1.82) is 0 Å². The lowest BCUT2D eigenvalue weighted by Crippen LogP contribution is -2.20. The molecule has 0 aliphatic heterocycles. The first kappa shape index (κ1) is 15.6. The molecule has 0 aliphatic carbocycles. The molecule has 0 spiro atoms. The summed E-state index contributed by atoms with van der Waals surface area (Å²) in [6, 6.07) is 8.14. The van der Waals surface area contributed by atoms with Crippen molar-refractivity contribution in [1.82, 2.24) is 10.3 Å². The predicted octanol–water partition coefficient (Wildman–Crippen LogP) is 2.67. The molecule has 2 N–H and O–H groups in total. The van der Waals surface area contributed by atoms with E-state index in [9.17, 15) is 0 Å². The number of aromatic nitrogens is 1. The van der Waals surface area contributed by atoms with Gasteiger partial charge < -0.3 is 15.2 Å². The Morgan fingerprint density at radius 3 is 3.05 bits per heavy atom. The number of nitrogens with zero attached hydrogens (tertiary/aromatic N) is 1. The van der Waals surface area contributed by atoms with Crippen molar-refractivity contribution in [3.05, 3.63) is 39.8 Å². The monoisotopic (exact) mass is 356 g/mol. The summed E-state index contributed by atoms with van der Waals surface area (Å²) in [5.41, 5.74) is 2.16. The fraction of sp³-hybridized carbons (Fsp3) is 0.357. The third kappa shape index (κ3) is 4.96. The van der Waals surface area contributed by atoms with Gasteiger partial charge in [0.15, 0.2) is 0 Å². The Morgan fingerprint density at radius 2 is 2.25 bits per heavy atom. The van der Waals surface area contributed by atoms with E-state index in [0.29, 0.717) is 13.2 Å². The highest BCUT2D eigenvalue weighted by Gasteiger charge is 2.04. The number of thiazole rings is 1. The quantitative estimate of drug-likeness (QED) is 0.714. The van der Waals surface area contributed by atoms with E-state index in [0.717, 1.165) is 33.8 Å². The molecule has 0 saturated heterocycles. The molecule has 0 bridgehead atoms. The summed E-state index contributed by atoms with van der Waals surface area (Å²) in [5, 5.41) is 14.9. The molecule has 0 amide bonds. The fourth-order valence-electron chi connectivity index (χ4n) is 1.67. The molecule has 0 atom stereocenters. The van der Waals surface area contributed by atoms with Crippen LogP contribution in [-0.4, -0.2) is 36.5 Å². The normalized spacial score (nSPS) is 10.9.